The first-order valence-corrected chi connectivity index (χ1v) is 13.4. The molecule has 198 valence electrons. The summed E-state index contributed by atoms with van der Waals surface area (Å²) in [4.78, 5) is 18.3. The summed E-state index contributed by atoms with van der Waals surface area (Å²) in [5, 5.41) is 5.73. The van der Waals surface area contributed by atoms with E-state index >= 15 is 0 Å². The van der Waals surface area contributed by atoms with Gasteiger partial charge in [0, 0.05) is 0 Å². The molecule has 2 heterocycles. The third kappa shape index (κ3) is 5.07. The van der Waals surface area contributed by atoms with Gasteiger partial charge in [0.25, 0.3) is 5.56 Å². The molecule has 0 aliphatic heterocycles. The zero-order valence-electron chi connectivity index (χ0n) is 21.2. The fourth-order valence-electron chi connectivity index (χ4n) is 4.34. The number of hydrogen-bond donors (Lipinski definition) is 0. The lowest BCUT2D eigenvalue weighted by Gasteiger charge is -2.09. The van der Waals surface area contributed by atoms with Gasteiger partial charge in [-0.2, -0.15) is 9.78 Å². The van der Waals surface area contributed by atoms with Gasteiger partial charge in [0.1, 0.15) is 29.5 Å². The highest BCUT2D eigenvalue weighted by Gasteiger charge is 2.18. The molecule has 0 saturated heterocycles. The fourth-order valence-corrected chi connectivity index (χ4v) is 5.03. The van der Waals surface area contributed by atoms with Crippen molar-refractivity contribution in [3.63, 3.8) is 0 Å². The molecule has 0 fully saturated rings. The second kappa shape index (κ2) is 10.9. The molecule has 0 aliphatic carbocycles. The van der Waals surface area contributed by atoms with Crippen LogP contribution in [0.2, 0.25) is 0 Å². The number of methoxy groups -OCH3 is 1. The van der Waals surface area contributed by atoms with Crippen molar-refractivity contribution in [3.8, 4) is 23.1 Å². The van der Waals surface area contributed by atoms with Crippen LogP contribution in [0.25, 0.3) is 33.5 Å². The highest BCUT2D eigenvalue weighted by molar-refractivity contribution is 14.1. The number of aromatic nitrogens is 2. The van der Waals surface area contributed by atoms with Gasteiger partial charge in [-0.15, -0.1) is 0 Å². The maximum atomic E-state index is 13.5. The zero-order valence-corrected chi connectivity index (χ0v) is 23.3. The second-order valence-electron chi connectivity index (χ2n) is 8.91. The standard InChI is InChI=1S/C31H21FIN3O4/c1-38-26-10-5-11-27-23(26)16-29(40-27)30-35-25-9-3-2-8-22(25)31(37)36(30)34-17-19-12-13-28(24(33)15-19)39-18-20-6-4-7-21(32)14-20/h2-17H,18H2,1H3. The average Bonchev–Trinajstić information content (AvgIpc) is 3.41. The largest absolute Gasteiger partial charge is 0.496 e. The Morgan fingerprint density at radius 2 is 1.82 bits per heavy atom. The number of hydrogen-bond acceptors (Lipinski definition) is 6. The van der Waals surface area contributed by atoms with Gasteiger partial charge in [-0.25, -0.2) is 9.37 Å². The lowest BCUT2D eigenvalue weighted by atomic mass is 10.2. The Hall–Kier alpha value is -4.51. The van der Waals surface area contributed by atoms with Gasteiger partial charge >= 0.3 is 0 Å². The molecule has 0 amide bonds. The molecular weight excluding hydrogens is 624 g/mol. The quantitative estimate of drug-likeness (QED) is 0.138. The van der Waals surface area contributed by atoms with Crippen molar-refractivity contribution >= 4 is 50.7 Å². The Morgan fingerprint density at radius 1 is 0.975 bits per heavy atom. The monoisotopic (exact) mass is 645 g/mol. The summed E-state index contributed by atoms with van der Waals surface area (Å²) >= 11 is 2.17. The molecule has 0 spiro atoms. The third-order valence-corrected chi connectivity index (χ3v) is 7.12. The summed E-state index contributed by atoms with van der Waals surface area (Å²) in [5.74, 6) is 1.66. The number of ether oxygens (including phenoxy) is 2. The van der Waals surface area contributed by atoms with Crippen LogP contribution in [-0.2, 0) is 6.61 Å². The molecule has 0 aliphatic rings. The van der Waals surface area contributed by atoms with Crippen LogP contribution in [0.3, 0.4) is 0 Å². The number of benzene rings is 4. The van der Waals surface area contributed by atoms with Crippen LogP contribution in [0.5, 0.6) is 11.5 Å². The van der Waals surface area contributed by atoms with Crippen LogP contribution < -0.4 is 15.0 Å². The molecule has 9 heteroatoms. The van der Waals surface area contributed by atoms with Crippen LogP contribution in [0, 0.1) is 9.39 Å². The van der Waals surface area contributed by atoms with Crippen LogP contribution >= 0.6 is 22.6 Å². The van der Waals surface area contributed by atoms with E-state index in [2.05, 4.69) is 27.7 Å². The van der Waals surface area contributed by atoms with Gasteiger partial charge in [0.05, 0.1) is 33.2 Å². The van der Waals surface area contributed by atoms with Crippen molar-refractivity contribution < 1.29 is 18.3 Å². The zero-order chi connectivity index (χ0) is 27.6. The summed E-state index contributed by atoms with van der Waals surface area (Å²) < 4.78 is 33.0. The molecule has 0 unspecified atom stereocenters. The molecule has 6 rings (SSSR count). The van der Waals surface area contributed by atoms with Gasteiger partial charge in [0.2, 0.25) is 5.82 Å². The normalized spacial score (nSPS) is 11.5. The molecule has 4 aromatic carbocycles. The van der Waals surface area contributed by atoms with Crippen LogP contribution in [-0.4, -0.2) is 23.0 Å². The Balaban J connectivity index is 1.36. The van der Waals surface area contributed by atoms with Crippen molar-refractivity contribution in [2.24, 2.45) is 5.10 Å². The molecule has 0 radical (unpaired) electrons. The second-order valence-corrected chi connectivity index (χ2v) is 10.1. The highest BCUT2D eigenvalue weighted by Crippen LogP contribution is 2.33. The maximum Gasteiger partial charge on any atom is 0.282 e. The summed E-state index contributed by atoms with van der Waals surface area (Å²) in [6.45, 7) is 0.241. The fraction of sp³-hybridized carbons (Fsp3) is 0.0645. The SMILES string of the molecule is COc1cccc2oc(-c3nc4ccccc4c(=O)n3N=Cc3ccc(OCc4cccc(F)c4)c(I)c3)cc12. The number of nitrogens with zero attached hydrogens (tertiary/aromatic N) is 3. The molecule has 40 heavy (non-hydrogen) atoms. The molecule has 0 N–H and O–H groups in total. The van der Waals surface area contributed by atoms with Crippen LogP contribution in [0.4, 0.5) is 4.39 Å². The van der Waals surface area contributed by atoms with E-state index in [1.54, 1.807) is 43.7 Å². The number of fused-ring (bicyclic) bond motifs is 2. The van der Waals surface area contributed by atoms with E-state index in [0.717, 1.165) is 20.1 Å². The molecule has 0 saturated carbocycles. The average molecular weight is 645 g/mol. The van der Waals surface area contributed by atoms with Crippen molar-refractivity contribution in [3.05, 3.63) is 122 Å². The highest BCUT2D eigenvalue weighted by atomic mass is 127. The number of para-hydroxylation sites is 1. The molecular formula is C31H21FIN3O4. The van der Waals surface area contributed by atoms with Gasteiger partial charge < -0.3 is 13.9 Å². The Kier molecular flexibility index (Phi) is 7.04. The predicted octanol–water partition coefficient (Wildman–Crippen LogP) is 7.02. The lowest BCUT2D eigenvalue weighted by molar-refractivity contribution is 0.303. The van der Waals surface area contributed by atoms with Crippen molar-refractivity contribution in [2.45, 2.75) is 6.61 Å². The predicted molar refractivity (Wildman–Crippen MR) is 161 cm³/mol. The Bertz CT molecular complexity index is 1960. The van der Waals surface area contributed by atoms with E-state index < -0.39 is 0 Å². The molecule has 2 aromatic heterocycles. The smallest absolute Gasteiger partial charge is 0.282 e. The number of rotatable bonds is 7. The third-order valence-electron chi connectivity index (χ3n) is 6.28. The molecule has 0 bridgehead atoms. The van der Waals surface area contributed by atoms with Gasteiger partial charge in [-0.1, -0.05) is 30.3 Å². The van der Waals surface area contributed by atoms with Gasteiger partial charge in [0.15, 0.2) is 5.76 Å². The molecule has 6 aromatic rings. The topological polar surface area (TPSA) is 78.9 Å². The van der Waals surface area contributed by atoms with Crippen LogP contribution in [0.1, 0.15) is 11.1 Å². The minimum absolute atomic E-state index is 0.241. The first kappa shape index (κ1) is 25.8. The van der Waals surface area contributed by atoms with E-state index in [1.807, 2.05) is 48.5 Å². The van der Waals surface area contributed by atoms with E-state index in [0.29, 0.717) is 33.7 Å². The van der Waals surface area contributed by atoms with E-state index in [-0.39, 0.29) is 23.8 Å². The Morgan fingerprint density at radius 3 is 2.65 bits per heavy atom. The molecule has 7 nitrogen and oxygen atoms in total. The van der Waals surface area contributed by atoms with Gasteiger partial charge in [-0.3, -0.25) is 4.79 Å². The summed E-state index contributed by atoms with van der Waals surface area (Å²) in [5.41, 5.74) is 2.31. The van der Waals surface area contributed by atoms with Crippen molar-refractivity contribution in [1.82, 2.24) is 9.66 Å². The molecule has 0 atom stereocenters. The van der Waals surface area contributed by atoms with E-state index in [1.165, 1.54) is 16.8 Å². The Labute approximate surface area is 241 Å². The number of furan rings is 1. The first-order chi connectivity index (χ1) is 19.5. The van der Waals surface area contributed by atoms with E-state index in [9.17, 15) is 9.18 Å². The van der Waals surface area contributed by atoms with Gasteiger partial charge in [-0.05, 0) is 94.4 Å². The lowest BCUT2D eigenvalue weighted by Crippen LogP contribution is -2.20. The maximum absolute atomic E-state index is 13.5. The van der Waals surface area contributed by atoms with Crippen molar-refractivity contribution in [1.29, 1.82) is 0 Å². The summed E-state index contributed by atoms with van der Waals surface area (Å²) in [7, 11) is 1.59. The number of halogens is 2. The first-order valence-electron chi connectivity index (χ1n) is 12.3. The minimum Gasteiger partial charge on any atom is -0.496 e. The van der Waals surface area contributed by atoms with Crippen LogP contribution in [0.15, 0.2) is 105 Å². The summed E-state index contributed by atoms with van der Waals surface area (Å²) in [6, 6.07) is 26.2. The summed E-state index contributed by atoms with van der Waals surface area (Å²) in [6.07, 6.45) is 1.59. The minimum atomic E-state index is -0.325. The van der Waals surface area contributed by atoms with Crippen molar-refractivity contribution in [2.75, 3.05) is 7.11 Å². The van der Waals surface area contributed by atoms with E-state index in [4.69, 9.17) is 18.9 Å².